The number of rotatable bonds is 10. The van der Waals surface area contributed by atoms with Gasteiger partial charge in [-0.05, 0) is 169 Å². The lowest BCUT2D eigenvalue weighted by atomic mass is 9.85. The molecule has 0 aliphatic heterocycles. The van der Waals surface area contributed by atoms with Gasteiger partial charge in [0.05, 0.1) is 29.0 Å². The topological polar surface area (TPSA) is 54.1 Å². The Hall–Kier alpha value is -6.01. The van der Waals surface area contributed by atoms with Gasteiger partial charge >= 0.3 is 0 Å². The van der Waals surface area contributed by atoms with E-state index in [1.807, 2.05) is 64.1 Å². The molecule has 0 heterocycles. The van der Waals surface area contributed by atoms with Gasteiger partial charge in [-0.2, -0.15) is 10.5 Å². The summed E-state index contributed by atoms with van der Waals surface area (Å²) < 4.78 is 0. The van der Waals surface area contributed by atoms with Crippen LogP contribution in [0.1, 0.15) is 107 Å². The van der Waals surface area contributed by atoms with Crippen molar-refractivity contribution in [2.75, 3.05) is 28.6 Å². The summed E-state index contributed by atoms with van der Waals surface area (Å²) in [6, 6.07) is 44.9. The van der Waals surface area contributed by atoms with Crippen molar-refractivity contribution < 1.29 is 0 Å². The van der Waals surface area contributed by atoms with Gasteiger partial charge in [0.2, 0.25) is 0 Å². The Balaban J connectivity index is 0.000000866. The van der Waals surface area contributed by atoms with Crippen LogP contribution in [0.25, 0.3) is 22.5 Å². The molecular weight excluding hydrogens is 773 g/mol. The highest BCUT2D eigenvalue weighted by Gasteiger charge is 2.26. The molecule has 5 heteroatoms. The molecule has 6 aromatic carbocycles. The lowest BCUT2D eigenvalue weighted by Crippen LogP contribution is -2.18. The summed E-state index contributed by atoms with van der Waals surface area (Å²) >= 11 is 0. The van der Waals surface area contributed by atoms with E-state index in [1.54, 1.807) is 0 Å². The number of hydrogen-bond donors (Lipinski definition) is 0. The molecule has 0 atom stereocenters. The molecule has 0 aromatic heterocycles. The van der Waals surface area contributed by atoms with Gasteiger partial charge in [0, 0.05) is 39.6 Å². The highest BCUT2D eigenvalue weighted by Crippen LogP contribution is 2.48. The third kappa shape index (κ3) is 11.3. The molecule has 1 aliphatic rings. The molecule has 7 rings (SSSR count). The van der Waals surface area contributed by atoms with Crippen molar-refractivity contribution in [1.29, 1.82) is 10.5 Å². The van der Waals surface area contributed by atoms with Crippen LogP contribution in [0.2, 0.25) is 0 Å². The Kier molecular flexibility index (Phi) is 17.8. The zero-order valence-electron chi connectivity index (χ0n) is 39.6. The van der Waals surface area contributed by atoms with Gasteiger partial charge in [0.25, 0.3) is 0 Å². The fourth-order valence-corrected chi connectivity index (χ4v) is 8.26. The summed E-state index contributed by atoms with van der Waals surface area (Å²) in [4.78, 5) is 6.04. The number of allylic oxidation sites excluding steroid dienone is 2. The smallest absolute Gasteiger partial charge is 0.0991 e. The summed E-state index contributed by atoms with van der Waals surface area (Å²) in [5, 5.41) is 21.7. The lowest BCUT2D eigenvalue weighted by Gasteiger charge is -2.33. The van der Waals surface area contributed by atoms with E-state index in [2.05, 4.69) is 179 Å². The van der Waals surface area contributed by atoms with Crippen LogP contribution in [0.4, 0.5) is 28.4 Å². The third-order valence-corrected chi connectivity index (χ3v) is 12.5. The first-order valence-corrected chi connectivity index (χ1v) is 25.2. The van der Waals surface area contributed by atoms with Gasteiger partial charge < -0.3 is 9.80 Å². The Morgan fingerprint density at radius 2 is 1.18 bits per heavy atom. The highest BCUT2D eigenvalue weighted by atomic mass is 32.3. The second-order valence-corrected chi connectivity index (χ2v) is 20.3. The molecule has 4 nitrogen and oxygen atoms in total. The average molecular weight is 841 g/mol. The van der Waals surface area contributed by atoms with Crippen LogP contribution in [-0.2, 0) is 6.42 Å². The Morgan fingerprint density at radius 1 is 0.694 bits per heavy atom. The number of benzene rings is 6. The summed E-state index contributed by atoms with van der Waals surface area (Å²) in [5.41, 5.74) is 13.7. The van der Waals surface area contributed by atoms with Crippen LogP contribution in [0.3, 0.4) is 0 Å². The van der Waals surface area contributed by atoms with Gasteiger partial charge in [-0.1, -0.05) is 110 Å². The zero-order valence-corrected chi connectivity index (χ0v) is 40.4. The van der Waals surface area contributed by atoms with Crippen LogP contribution in [0.15, 0.2) is 132 Å². The van der Waals surface area contributed by atoms with E-state index in [9.17, 15) is 10.5 Å². The fourth-order valence-electron chi connectivity index (χ4n) is 7.31. The maximum absolute atomic E-state index is 9.63. The SMILES string of the molecule is CC.CC.CC/C=C(\c1ccc2c(C)cc(N(c3ccc(C)cc3)c3ccc(C#N)cc3)c3c2c1CC=C3)N(c1ccc(C#N)cc1)c1ccc(S(C)(C)C)cc1.CCC(C)C. The molecule has 62 heavy (non-hydrogen) atoms. The van der Waals surface area contributed by atoms with E-state index in [1.165, 1.54) is 49.9 Å². The average Bonchev–Trinajstić information content (AvgIpc) is 3.30. The van der Waals surface area contributed by atoms with Crippen LogP contribution < -0.4 is 9.80 Å². The molecule has 1 aliphatic carbocycles. The van der Waals surface area contributed by atoms with E-state index in [0.717, 1.165) is 52.9 Å². The van der Waals surface area contributed by atoms with Crippen LogP contribution in [0.5, 0.6) is 0 Å². The Bertz CT molecular complexity index is 2520. The monoisotopic (exact) mass is 841 g/mol. The molecule has 0 N–H and O–H groups in total. The lowest BCUT2D eigenvalue weighted by molar-refractivity contribution is 0.626. The summed E-state index contributed by atoms with van der Waals surface area (Å²) in [6.07, 6.45) is 16.9. The summed E-state index contributed by atoms with van der Waals surface area (Å²) in [6.45, 7) is 21.2. The Labute approximate surface area is 376 Å². The Morgan fingerprint density at radius 3 is 1.65 bits per heavy atom. The van der Waals surface area contributed by atoms with Crippen molar-refractivity contribution in [3.05, 3.63) is 166 Å². The highest BCUT2D eigenvalue weighted by molar-refractivity contribution is 8.32. The molecule has 0 bridgehead atoms. The summed E-state index contributed by atoms with van der Waals surface area (Å²) in [7, 11) is -0.890. The largest absolute Gasteiger partial charge is 0.310 e. The minimum absolute atomic E-state index is 0.636. The number of hydrogen-bond acceptors (Lipinski definition) is 4. The van der Waals surface area contributed by atoms with Gasteiger partial charge in [-0.25, -0.2) is 10.0 Å². The van der Waals surface area contributed by atoms with Gasteiger partial charge in [-0.15, -0.1) is 0 Å². The predicted molar refractivity (Wildman–Crippen MR) is 275 cm³/mol. The molecule has 6 aromatic rings. The minimum Gasteiger partial charge on any atom is -0.310 e. The van der Waals surface area contributed by atoms with E-state index in [-0.39, 0.29) is 0 Å². The van der Waals surface area contributed by atoms with Crippen LogP contribution >= 0.6 is 10.0 Å². The fraction of sp³-hybridized carbons (Fsp3) is 0.298. The quantitative estimate of drug-likeness (QED) is 0.138. The predicted octanol–water partition coefficient (Wildman–Crippen LogP) is 17.0. The number of nitriles is 2. The van der Waals surface area contributed by atoms with Gasteiger partial charge in [0.15, 0.2) is 0 Å². The van der Waals surface area contributed by atoms with Crippen LogP contribution in [0, 0.1) is 42.4 Å². The van der Waals surface area contributed by atoms with E-state index >= 15 is 0 Å². The first-order valence-electron chi connectivity index (χ1n) is 22.3. The molecule has 0 spiro atoms. The molecule has 322 valence electrons. The number of aryl methyl sites for hydroxylation is 2. The number of nitrogens with zero attached hydrogens (tertiary/aromatic N) is 4. The maximum Gasteiger partial charge on any atom is 0.0991 e. The van der Waals surface area contributed by atoms with Crippen molar-refractivity contribution in [1.82, 2.24) is 0 Å². The van der Waals surface area contributed by atoms with E-state index in [0.29, 0.717) is 11.1 Å². The molecule has 0 fully saturated rings. The van der Waals surface area contributed by atoms with E-state index in [4.69, 9.17) is 0 Å². The molecule has 0 radical (unpaired) electrons. The second kappa shape index (κ2) is 22.7. The minimum atomic E-state index is -0.890. The molecule has 0 unspecified atom stereocenters. The molecule has 0 saturated carbocycles. The third-order valence-electron chi connectivity index (χ3n) is 10.8. The van der Waals surface area contributed by atoms with Crippen molar-refractivity contribution >= 4 is 61.0 Å². The molecular formula is C57H68N4S. The van der Waals surface area contributed by atoms with E-state index < -0.39 is 10.0 Å². The maximum atomic E-state index is 9.63. The standard InChI is InChI=1S/C48H44N4S.C5H12.2C2H6/c1-7-9-46(51(38-20-14-35(31-49)15-21-38)40-24-26-41(27-25-40)53(4,5)6)43-29-28-42-34(3)30-47(45-11-8-10-44(43)48(42)45)52(37-18-12-33(2)13-19-37)39-22-16-36(32-50)17-23-39;1-4-5(2)3;2*1-2/h8-9,11-30H,7,10H2,1-6H3;5H,4H2,1-3H3;2*1-2H3/b46-9+;;;. The van der Waals surface area contributed by atoms with Crippen molar-refractivity contribution in [2.45, 2.75) is 93.4 Å². The van der Waals surface area contributed by atoms with Gasteiger partial charge in [-0.3, -0.25) is 0 Å². The van der Waals surface area contributed by atoms with Crippen LogP contribution in [-0.4, -0.2) is 18.8 Å². The van der Waals surface area contributed by atoms with Crippen molar-refractivity contribution in [3.8, 4) is 12.1 Å². The molecule has 0 amide bonds. The van der Waals surface area contributed by atoms with Gasteiger partial charge in [0.1, 0.15) is 0 Å². The normalized spacial score (nSPS) is 11.8. The number of anilines is 5. The van der Waals surface area contributed by atoms with Crippen molar-refractivity contribution in [3.63, 3.8) is 0 Å². The summed E-state index contributed by atoms with van der Waals surface area (Å²) in [5.74, 6) is 0.884. The zero-order chi connectivity index (χ0) is 45.6. The molecule has 0 saturated heterocycles. The van der Waals surface area contributed by atoms with Crippen molar-refractivity contribution in [2.24, 2.45) is 5.92 Å². The first-order chi connectivity index (χ1) is 29.9. The first kappa shape index (κ1) is 48.7. The second-order valence-electron chi connectivity index (χ2n) is 16.2.